The van der Waals surface area contributed by atoms with E-state index in [1.807, 2.05) is 0 Å². The van der Waals surface area contributed by atoms with Crippen LogP contribution in [0, 0.1) is 0 Å². The van der Waals surface area contributed by atoms with Gasteiger partial charge < -0.3 is 4.57 Å². The van der Waals surface area contributed by atoms with Crippen LogP contribution in [0.25, 0.3) is 0 Å². The third-order valence-electron chi connectivity index (χ3n) is 5.70. The molecule has 1 heterocycles. The Morgan fingerprint density at radius 2 is 1.74 bits per heavy atom. The first-order valence-corrected chi connectivity index (χ1v) is 9.25. The first-order chi connectivity index (χ1) is 11.3. The van der Waals surface area contributed by atoms with Gasteiger partial charge in [0.05, 0.1) is 0 Å². The lowest BCUT2D eigenvalue weighted by atomic mass is 9.80. The Morgan fingerprint density at radius 1 is 0.957 bits per heavy atom. The van der Waals surface area contributed by atoms with Gasteiger partial charge in [0.2, 0.25) is 0 Å². The average molecular weight is 305 g/mol. The molecular formula is C22H27N. The molecule has 1 fully saturated rings. The molecule has 0 spiro atoms. The minimum Gasteiger partial charge on any atom is -0.346 e. The molecule has 1 atom stereocenters. The Hall–Kier alpha value is -1.76. The summed E-state index contributed by atoms with van der Waals surface area (Å²) in [7, 11) is 0. The van der Waals surface area contributed by atoms with Gasteiger partial charge in [-0.05, 0) is 61.6 Å². The number of aromatic nitrogens is 1. The SMILES string of the molecule is C=C1CCCC[C@H]1c1c2c(cn1Cc1ccccc1)CCCC2. The molecule has 1 heteroatoms. The van der Waals surface area contributed by atoms with Gasteiger partial charge in [-0.15, -0.1) is 0 Å². The van der Waals surface area contributed by atoms with Crippen LogP contribution < -0.4 is 0 Å². The highest BCUT2D eigenvalue weighted by Crippen LogP contribution is 2.41. The fraction of sp³-hybridized carbons (Fsp3) is 0.455. The molecule has 1 nitrogen and oxygen atoms in total. The van der Waals surface area contributed by atoms with Crippen molar-refractivity contribution in [2.45, 2.75) is 63.8 Å². The number of allylic oxidation sites excluding steroid dienone is 1. The van der Waals surface area contributed by atoms with Crippen LogP contribution in [0.15, 0.2) is 48.7 Å². The molecule has 0 unspecified atom stereocenters. The maximum absolute atomic E-state index is 4.44. The summed E-state index contributed by atoms with van der Waals surface area (Å²) in [5.41, 5.74) is 7.76. The van der Waals surface area contributed by atoms with E-state index >= 15 is 0 Å². The molecule has 2 aromatic rings. The predicted molar refractivity (Wildman–Crippen MR) is 97.0 cm³/mol. The van der Waals surface area contributed by atoms with Crippen LogP contribution in [0.4, 0.5) is 0 Å². The second-order valence-electron chi connectivity index (χ2n) is 7.30. The number of hydrogen-bond acceptors (Lipinski definition) is 0. The first kappa shape index (κ1) is 14.8. The molecule has 0 amide bonds. The summed E-state index contributed by atoms with van der Waals surface area (Å²) < 4.78 is 2.56. The standard InChI is InChI=1S/C22H27N/c1-17-9-5-7-13-20(17)22-21-14-8-6-12-19(21)16-23(22)15-18-10-3-2-4-11-18/h2-4,10-11,16,20H,1,5-9,12-15H2/t20-/m1/s1. The van der Waals surface area contributed by atoms with Gasteiger partial charge in [0.25, 0.3) is 0 Å². The van der Waals surface area contributed by atoms with Crippen molar-refractivity contribution in [3.8, 4) is 0 Å². The Balaban J connectivity index is 1.75. The van der Waals surface area contributed by atoms with Crippen LogP contribution in [-0.4, -0.2) is 4.57 Å². The lowest BCUT2D eigenvalue weighted by Gasteiger charge is -2.28. The van der Waals surface area contributed by atoms with Gasteiger partial charge in [-0.2, -0.15) is 0 Å². The zero-order chi connectivity index (χ0) is 15.6. The molecular weight excluding hydrogens is 278 g/mol. The fourth-order valence-corrected chi connectivity index (χ4v) is 4.53. The summed E-state index contributed by atoms with van der Waals surface area (Å²) in [6.07, 6.45) is 12.9. The smallest absolute Gasteiger partial charge is 0.0473 e. The Labute approximate surface area is 140 Å². The molecule has 0 aliphatic heterocycles. The summed E-state index contributed by atoms with van der Waals surface area (Å²) in [6.45, 7) is 5.44. The minimum absolute atomic E-state index is 0.592. The van der Waals surface area contributed by atoms with Crippen molar-refractivity contribution >= 4 is 0 Å². The second kappa shape index (κ2) is 6.39. The number of fused-ring (bicyclic) bond motifs is 1. The molecule has 1 aromatic heterocycles. The van der Waals surface area contributed by atoms with Gasteiger partial charge in [-0.3, -0.25) is 0 Å². The molecule has 120 valence electrons. The van der Waals surface area contributed by atoms with Gasteiger partial charge in [0, 0.05) is 24.4 Å². The van der Waals surface area contributed by atoms with Gasteiger partial charge >= 0.3 is 0 Å². The van der Waals surface area contributed by atoms with Crippen LogP contribution in [0.3, 0.4) is 0 Å². The normalized spacial score (nSPS) is 21.2. The van der Waals surface area contributed by atoms with E-state index < -0.39 is 0 Å². The molecule has 0 bridgehead atoms. The molecule has 2 aliphatic carbocycles. The first-order valence-electron chi connectivity index (χ1n) is 9.25. The third kappa shape index (κ3) is 2.89. The zero-order valence-corrected chi connectivity index (χ0v) is 14.1. The third-order valence-corrected chi connectivity index (χ3v) is 5.70. The van der Waals surface area contributed by atoms with Crippen molar-refractivity contribution in [2.24, 2.45) is 0 Å². The average Bonchev–Trinajstić information content (AvgIpc) is 2.94. The number of aryl methyl sites for hydroxylation is 1. The van der Waals surface area contributed by atoms with Crippen molar-refractivity contribution in [3.63, 3.8) is 0 Å². The van der Waals surface area contributed by atoms with Crippen LogP contribution >= 0.6 is 0 Å². The number of rotatable bonds is 3. The van der Waals surface area contributed by atoms with Crippen LogP contribution in [-0.2, 0) is 19.4 Å². The highest BCUT2D eigenvalue weighted by molar-refractivity contribution is 5.41. The topological polar surface area (TPSA) is 4.93 Å². The molecule has 4 rings (SSSR count). The van der Waals surface area contributed by atoms with Gasteiger partial charge in [0.1, 0.15) is 0 Å². The highest BCUT2D eigenvalue weighted by atomic mass is 15.0. The van der Waals surface area contributed by atoms with Crippen molar-refractivity contribution in [3.05, 3.63) is 71.1 Å². The molecule has 0 radical (unpaired) electrons. The monoisotopic (exact) mass is 305 g/mol. The summed E-state index contributed by atoms with van der Waals surface area (Å²) in [5, 5.41) is 0. The van der Waals surface area contributed by atoms with Gasteiger partial charge in [-0.25, -0.2) is 0 Å². The van der Waals surface area contributed by atoms with E-state index in [0.29, 0.717) is 5.92 Å². The van der Waals surface area contributed by atoms with Crippen molar-refractivity contribution < 1.29 is 0 Å². The summed E-state index contributed by atoms with van der Waals surface area (Å²) in [4.78, 5) is 0. The molecule has 0 N–H and O–H groups in total. The Bertz CT molecular complexity index is 692. The van der Waals surface area contributed by atoms with Crippen molar-refractivity contribution in [1.29, 1.82) is 0 Å². The fourth-order valence-electron chi connectivity index (χ4n) is 4.53. The predicted octanol–water partition coefficient (Wildman–Crippen LogP) is 5.63. The molecule has 2 aliphatic rings. The van der Waals surface area contributed by atoms with E-state index in [4.69, 9.17) is 0 Å². The lowest BCUT2D eigenvalue weighted by Crippen LogP contribution is -2.15. The Kier molecular flexibility index (Phi) is 4.11. The largest absolute Gasteiger partial charge is 0.346 e. The number of benzene rings is 1. The van der Waals surface area contributed by atoms with E-state index in [2.05, 4.69) is 47.7 Å². The van der Waals surface area contributed by atoms with Crippen LogP contribution in [0.5, 0.6) is 0 Å². The van der Waals surface area contributed by atoms with E-state index in [1.165, 1.54) is 62.5 Å². The quantitative estimate of drug-likeness (QED) is 0.648. The molecule has 1 saturated carbocycles. The Morgan fingerprint density at radius 3 is 2.57 bits per heavy atom. The maximum atomic E-state index is 4.44. The number of hydrogen-bond donors (Lipinski definition) is 0. The van der Waals surface area contributed by atoms with E-state index in [-0.39, 0.29) is 0 Å². The highest BCUT2D eigenvalue weighted by Gasteiger charge is 2.28. The van der Waals surface area contributed by atoms with Crippen molar-refractivity contribution in [2.75, 3.05) is 0 Å². The van der Waals surface area contributed by atoms with E-state index in [0.717, 1.165) is 6.54 Å². The summed E-state index contributed by atoms with van der Waals surface area (Å²) in [5.74, 6) is 0.592. The zero-order valence-electron chi connectivity index (χ0n) is 14.1. The summed E-state index contributed by atoms with van der Waals surface area (Å²) in [6, 6.07) is 10.9. The maximum Gasteiger partial charge on any atom is 0.0473 e. The van der Waals surface area contributed by atoms with Gasteiger partial charge in [0.15, 0.2) is 0 Å². The van der Waals surface area contributed by atoms with Gasteiger partial charge in [-0.1, -0.05) is 48.9 Å². The lowest BCUT2D eigenvalue weighted by molar-refractivity contribution is 0.513. The molecule has 23 heavy (non-hydrogen) atoms. The molecule has 0 saturated heterocycles. The molecule has 1 aromatic carbocycles. The van der Waals surface area contributed by atoms with E-state index in [1.54, 1.807) is 16.8 Å². The summed E-state index contributed by atoms with van der Waals surface area (Å²) >= 11 is 0. The second-order valence-corrected chi connectivity index (χ2v) is 7.30. The van der Waals surface area contributed by atoms with Crippen LogP contribution in [0.2, 0.25) is 0 Å². The number of nitrogens with zero attached hydrogens (tertiary/aromatic N) is 1. The van der Waals surface area contributed by atoms with Crippen LogP contribution in [0.1, 0.15) is 66.8 Å². The van der Waals surface area contributed by atoms with Crippen molar-refractivity contribution in [1.82, 2.24) is 4.57 Å². The van der Waals surface area contributed by atoms with E-state index in [9.17, 15) is 0 Å². The minimum atomic E-state index is 0.592.